The second kappa shape index (κ2) is 5.71. The lowest BCUT2D eigenvalue weighted by Crippen LogP contribution is -2.19. The minimum atomic E-state index is -0.0417. The normalized spacial score (nSPS) is 12.4. The number of rotatable bonds is 4. The van der Waals surface area contributed by atoms with Crippen molar-refractivity contribution in [2.45, 2.75) is 6.04 Å². The van der Waals surface area contributed by atoms with E-state index >= 15 is 0 Å². The van der Waals surface area contributed by atoms with Gasteiger partial charge in [-0.25, -0.2) is 0 Å². The van der Waals surface area contributed by atoms with E-state index in [0.717, 1.165) is 15.9 Å². The SMILES string of the molecule is NCC(Nc1ccccc1)c1cc(Br)c(Br)o1. The number of para-hydroxylation sites is 1. The molecule has 2 rings (SSSR count). The highest BCUT2D eigenvalue weighted by Gasteiger charge is 2.16. The van der Waals surface area contributed by atoms with Crippen molar-refractivity contribution in [2.75, 3.05) is 11.9 Å². The minimum Gasteiger partial charge on any atom is -0.451 e. The smallest absolute Gasteiger partial charge is 0.183 e. The van der Waals surface area contributed by atoms with E-state index in [1.54, 1.807) is 0 Å². The third-order valence-corrected chi connectivity index (χ3v) is 4.07. The summed E-state index contributed by atoms with van der Waals surface area (Å²) >= 11 is 6.71. The number of furan rings is 1. The number of benzene rings is 1. The van der Waals surface area contributed by atoms with Crippen molar-refractivity contribution in [1.82, 2.24) is 0 Å². The molecule has 3 nitrogen and oxygen atoms in total. The minimum absolute atomic E-state index is 0.0417. The van der Waals surface area contributed by atoms with Gasteiger partial charge in [-0.3, -0.25) is 0 Å². The quantitative estimate of drug-likeness (QED) is 0.869. The second-order valence-electron chi connectivity index (χ2n) is 3.57. The zero-order valence-electron chi connectivity index (χ0n) is 8.99. The molecule has 1 atom stereocenters. The van der Waals surface area contributed by atoms with Gasteiger partial charge in [0.1, 0.15) is 5.76 Å². The Morgan fingerprint density at radius 1 is 1.24 bits per heavy atom. The Bertz CT molecular complexity index is 465. The molecule has 0 aliphatic carbocycles. The maximum absolute atomic E-state index is 5.76. The van der Waals surface area contributed by atoms with Crippen molar-refractivity contribution in [3.63, 3.8) is 0 Å². The van der Waals surface area contributed by atoms with E-state index in [1.807, 2.05) is 36.4 Å². The fraction of sp³-hybridized carbons (Fsp3) is 0.167. The van der Waals surface area contributed by atoms with E-state index in [2.05, 4.69) is 37.2 Å². The van der Waals surface area contributed by atoms with Crippen LogP contribution in [0, 0.1) is 0 Å². The highest BCUT2D eigenvalue weighted by molar-refractivity contribution is 9.13. The Balaban J connectivity index is 2.17. The third-order valence-electron chi connectivity index (χ3n) is 2.36. The third kappa shape index (κ3) is 3.12. The van der Waals surface area contributed by atoms with E-state index in [0.29, 0.717) is 11.2 Å². The number of hydrogen-bond donors (Lipinski definition) is 2. The number of nitrogens with two attached hydrogens (primary N) is 1. The summed E-state index contributed by atoms with van der Waals surface area (Å²) in [6.07, 6.45) is 0. The van der Waals surface area contributed by atoms with Crippen LogP contribution in [0.4, 0.5) is 5.69 Å². The summed E-state index contributed by atoms with van der Waals surface area (Å²) in [7, 11) is 0. The van der Waals surface area contributed by atoms with Gasteiger partial charge >= 0.3 is 0 Å². The molecule has 90 valence electrons. The topological polar surface area (TPSA) is 51.2 Å². The summed E-state index contributed by atoms with van der Waals surface area (Å²) < 4.78 is 7.14. The van der Waals surface area contributed by atoms with Gasteiger partial charge in [-0.1, -0.05) is 18.2 Å². The molecule has 0 aliphatic rings. The molecule has 0 bridgehead atoms. The molecule has 0 aliphatic heterocycles. The number of hydrogen-bond acceptors (Lipinski definition) is 3. The molecular formula is C12H12Br2N2O. The zero-order valence-corrected chi connectivity index (χ0v) is 12.2. The van der Waals surface area contributed by atoms with Gasteiger partial charge in [0.25, 0.3) is 0 Å². The number of anilines is 1. The molecule has 1 unspecified atom stereocenters. The van der Waals surface area contributed by atoms with Gasteiger partial charge in [-0.05, 0) is 50.1 Å². The molecular weight excluding hydrogens is 348 g/mol. The number of nitrogens with one attached hydrogen (secondary N) is 1. The van der Waals surface area contributed by atoms with Gasteiger partial charge in [0, 0.05) is 12.2 Å². The summed E-state index contributed by atoms with van der Waals surface area (Å²) in [5.74, 6) is 0.801. The second-order valence-corrected chi connectivity index (χ2v) is 5.14. The fourth-order valence-corrected chi connectivity index (χ4v) is 2.12. The molecule has 1 heterocycles. The van der Waals surface area contributed by atoms with Crippen LogP contribution in [-0.2, 0) is 0 Å². The van der Waals surface area contributed by atoms with Crippen molar-refractivity contribution >= 4 is 37.5 Å². The van der Waals surface area contributed by atoms with E-state index in [9.17, 15) is 0 Å². The molecule has 1 aromatic carbocycles. The molecule has 17 heavy (non-hydrogen) atoms. The van der Waals surface area contributed by atoms with Crippen LogP contribution in [0.3, 0.4) is 0 Å². The Kier molecular flexibility index (Phi) is 4.25. The van der Waals surface area contributed by atoms with Gasteiger partial charge in [-0.2, -0.15) is 0 Å². The molecule has 2 aromatic rings. The van der Waals surface area contributed by atoms with Gasteiger partial charge in [-0.15, -0.1) is 0 Å². The Morgan fingerprint density at radius 3 is 2.47 bits per heavy atom. The molecule has 0 amide bonds. The van der Waals surface area contributed by atoms with Crippen LogP contribution < -0.4 is 11.1 Å². The average Bonchev–Trinajstić information content (AvgIpc) is 2.68. The van der Waals surface area contributed by atoms with Crippen molar-refractivity contribution in [3.05, 3.63) is 51.3 Å². The van der Waals surface area contributed by atoms with Crippen molar-refractivity contribution in [2.24, 2.45) is 5.73 Å². The van der Waals surface area contributed by atoms with E-state index in [4.69, 9.17) is 10.2 Å². The Labute approximate surface area is 117 Å². The fourth-order valence-electron chi connectivity index (χ4n) is 1.52. The zero-order chi connectivity index (χ0) is 12.3. The van der Waals surface area contributed by atoms with E-state index in [1.165, 1.54) is 0 Å². The highest BCUT2D eigenvalue weighted by Crippen LogP contribution is 2.30. The van der Waals surface area contributed by atoms with Crippen LogP contribution in [0.2, 0.25) is 0 Å². The first-order valence-electron chi connectivity index (χ1n) is 5.17. The largest absolute Gasteiger partial charge is 0.451 e. The van der Waals surface area contributed by atoms with Gasteiger partial charge in [0.15, 0.2) is 4.67 Å². The first kappa shape index (κ1) is 12.7. The molecule has 0 saturated carbocycles. The predicted molar refractivity (Wildman–Crippen MR) is 76.0 cm³/mol. The monoisotopic (exact) mass is 358 g/mol. The van der Waals surface area contributed by atoms with Crippen molar-refractivity contribution in [3.8, 4) is 0 Å². The summed E-state index contributed by atoms with van der Waals surface area (Å²) in [5, 5.41) is 3.33. The van der Waals surface area contributed by atoms with Crippen molar-refractivity contribution < 1.29 is 4.42 Å². The summed E-state index contributed by atoms with van der Waals surface area (Å²) in [5.41, 5.74) is 6.78. The highest BCUT2D eigenvalue weighted by atomic mass is 79.9. The lowest BCUT2D eigenvalue weighted by atomic mass is 10.2. The molecule has 5 heteroatoms. The number of halogens is 2. The molecule has 0 fully saturated rings. The summed E-state index contributed by atoms with van der Waals surface area (Å²) in [4.78, 5) is 0. The molecule has 0 saturated heterocycles. The lowest BCUT2D eigenvalue weighted by Gasteiger charge is -2.15. The van der Waals surface area contributed by atoms with Crippen LogP contribution >= 0.6 is 31.9 Å². The Hall–Kier alpha value is -0.780. The van der Waals surface area contributed by atoms with Crippen molar-refractivity contribution in [1.29, 1.82) is 0 Å². The van der Waals surface area contributed by atoms with Gasteiger partial charge in [0.05, 0.1) is 10.5 Å². The van der Waals surface area contributed by atoms with E-state index in [-0.39, 0.29) is 6.04 Å². The maximum Gasteiger partial charge on any atom is 0.183 e. The van der Waals surface area contributed by atoms with Crippen LogP contribution in [0.25, 0.3) is 0 Å². The first-order valence-corrected chi connectivity index (χ1v) is 6.75. The van der Waals surface area contributed by atoms with Crippen LogP contribution in [0.5, 0.6) is 0 Å². The Morgan fingerprint density at radius 2 is 1.94 bits per heavy atom. The van der Waals surface area contributed by atoms with Crippen LogP contribution in [0.15, 0.2) is 50.0 Å². The molecule has 0 spiro atoms. The first-order chi connectivity index (χ1) is 8.20. The standard InChI is InChI=1S/C12H12Br2N2O/c13-9-6-11(17-12(9)14)10(7-15)16-8-4-2-1-3-5-8/h1-6,10,16H,7,15H2. The molecule has 3 N–H and O–H groups in total. The van der Waals surface area contributed by atoms with E-state index < -0.39 is 0 Å². The molecule has 0 radical (unpaired) electrons. The predicted octanol–water partition coefficient (Wildman–Crippen LogP) is 3.92. The average molecular weight is 360 g/mol. The summed E-state index contributed by atoms with van der Waals surface area (Å²) in [6, 6.07) is 11.8. The molecule has 1 aromatic heterocycles. The van der Waals surface area contributed by atoms with Gasteiger partial charge in [0.2, 0.25) is 0 Å². The van der Waals surface area contributed by atoms with Crippen LogP contribution in [-0.4, -0.2) is 6.54 Å². The van der Waals surface area contributed by atoms with Gasteiger partial charge < -0.3 is 15.5 Å². The lowest BCUT2D eigenvalue weighted by molar-refractivity contribution is 0.462. The van der Waals surface area contributed by atoms with Crippen LogP contribution in [0.1, 0.15) is 11.8 Å². The summed E-state index contributed by atoms with van der Waals surface area (Å²) in [6.45, 7) is 0.460. The maximum atomic E-state index is 5.76.